The number of ether oxygens (including phenoxy) is 1. The van der Waals surface area contributed by atoms with Crippen LogP contribution in [0, 0.1) is 0 Å². The number of aliphatic hydroxyl groups excluding tert-OH is 1. The first-order valence-corrected chi connectivity index (χ1v) is 12.8. The second-order valence-corrected chi connectivity index (χ2v) is 10.7. The largest absolute Gasteiger partial charge is 0.425 e. The molecule has 0 heterocycles. The van der Waals surface area contributed by atoms with E-state index in [9.17, 15) is 18.3 Å². The summed E-state index contributed by atoms with van der Waals surface area (Å²) in [6.07, 6.45) is -0.0429. The van der Waals surface area contributed by atoms with Crippen LogP contribution in [0.3, 0.4) is 0 Å². The second kappa shape index (κ2) is 11.3. The number of carbonyl (C=O) groups excluding carboxylic acids is 1. The van der Waals surface area contributed by atoms with Gasteiger partial charge in [0.2, 0.25) is 9.84 Å². The van der Waals surface area contributed by atoms with Crippen LogP contribution in [-0.4, -0.2) is 32.1 Å². The van der Waals surface area contributed by atoms with Gasteiger partial charge in [-0.3, -0.25) is 4.79 Å². The molecule has 9 heteroatoms. The summed E-state index contributed by atoms with van der Waals surface area (Å²) < 4.78 is 30.9. The van der Waals surface area contributed by atoms with Crippen molar-refractivity contribution >= 4 is 39.0 Å². The number of aliphatic hydroxyl groups is 1. The molecule has 0 saturated heterocycles. The van der Waals surface area contributed by atoms with Gasteiger partial charge in [-0.2, -0.15) is 0 Å². The first kappa shape index (κ1) is 26.2. The molecule has 2 atom stereocenters. The Bertz CT molecular complexity index is 1260. The average molecular weight is 522 g/mol. The highest BCUT2D eigenvalue weighted by atomic mass is 35.5. The summed E-state index contributed by atoms with van der Waals surface area (Å²) in [6, 6.07) is 17.7. The molecule has 3 aromatic rings. The zero-order valence-corrected chi connectivity index (χ0v) is 21.0. The molecule has 3 aromatic carbocycles. The highest BCUT2D eigenvalue weighted by Gasteiger charge is 2.20. The fraction of sp³-hybridized carbons (Fsp3) is 0.240. The third-order valence-corrected chi connectivity index (χ3v) is 7.43. The maximum atomic E-state index is 13.0. The van der Waals surface area contributed by atoms with Crippen molar-refractivity contribution in [2.45, 2.75) is 42.2 Å². The molecule has 0 aliphatic rings. The molecule has 0 saturated carbocycles. The molecule has 2 N–H and O–H groups in total. The van der Waals surface area contributed by atoms with E-state index in [1.165, 1.54) is 25.1 Å². The Labute approximate surface area is 209 Å². The van der Waals surface area contributed by atoms with Crippen LogP contribution in [0.2, 0.25) is 10.0 Å². The van der Waals surface area contributed by atoms with Crippen LogP contribution in [0.4, 0.5) is 0 Å². The van der Waals surface area contributed by atoms with Gasteiger partial charge in [0.15, 0.2) is 0 Å². The van der Waals surface area contributed by atoms with Crippen LogP contribution in [-0.2, 0) is 21.1 Å². The highest BCUT2D eigenvalue weighted by Crippen LogP contribution is 2.30. The zero-order valence-electron chi connectivity index (χ0n) is 18.7. The standard InChI is InChI=1S/C25H25Cl2NO5S/c1-16(28-15-24(30)19-4-3-5-20(26)13-19)12-18-6-8-21(9-7-18)34(31,32)22-10-11-25(23(27)14-22)33-17(2)29/h3-11,13-14,16,24,28,30H,12,15H2,1-2H3/t16-,24-/m1/s1. The third kappa shape index (κ3) is 6.81. The summed E-state index contributed by atoms with van der Waals surface area (Å²) in [6.45, 7) is 3.58. The minimum absolute atomic E-state index is 0.00573. The summed E-state index contributed by atoms with van der Waals surface area (Å²) >= 11 is 12.1. The molecular formula is C25H25Cl2NO5S. The minimum Gasteiger partial charge on any atom is -0.425 e. The summed E-state index contributed by atoms with van der Waals surface area (Å²) in [7, 11) is -3.79. The Morgan fingerprint density at radius 3 is 2.32 bits per heavy atom. The Kier molecular flexibility index (Phi) is 8.73. The Morgan fingerprint density at radius 1 is 1.03 bits per heavy atom. The molecule has 0 spiro atoms. The van der Waals surface area contributed by atoms with Crippen molar-refractivity contribution in [3.05, 3.63) is 87.9 Å². The quantitative estimate of drug-likeness (QED) is 0.303. The number of nitrogens with one attached hydrogen (secondary N) is 1. The van der Waals surface area contributed by atoms with E-state index in [4.69, 9.17) is 27.9 Å². The van der Waals surface area contributed by atoms with Crippen molar-refractivity contribution in [2.75, 3.05) is 6.54 Å². The van der Waals surface area contributed by atoms with Gasteiger partial charge in [0.25, 0.3) is 0 Å². The zero-order chi connectivity index (χ0) is 24.9. The van der Waals surface area contributed by atoms with Crippen LogP contribution in [0.25, 0.3) is 0 Å². The number of hydrogen-bond donors (Lipinski definition) is 2. The van der Waals surface area contributed by atoms with E-state index in [2.05, 4.69) is 5.32 Å². The maximum Gasteiger partial charge on any atom is 0.308 e. The van der Waals surface area contributed by atoms with Gasteiger partial charge >= 0.3 is 5.97 Å². The summed E-state index contributed by atoms with van der Waals surface area (Å²) in [4.78, 5) is 11.2. The van der Waals surface area contributed by atoms with Crippen molar-refractivity contribution in [3.8, 4) is 5.75 Å². The number of rotatable bonds is 9. The number of esters is 1. The van der Waals surface area contributed by atoms with Crippen molar-refractivity contribution in [1.82, 2.24) is 5.32 Å². The lowest BCUT2D eigenvalue weighted by Gasteiger charge is -2.18. The average Bonchev–Trinajstić information content (AvgIpc) is 2.79. The van der Waals surface area contributed by atoms with Gasteiger partial charge in [-0.25, -0.2) is 8.42 Å². The normalized spacial score (nSPS) is 13.3. The number of benzene rings is 3. The van der Waals surface area contributed by atoms with Crippen molar-refractivity contribution in [1.29, 1.82) is 0 Å². The van der Waals surface area contributed by atoms with E-state index in [1.54, 1.807) is 42.5 Å². The molecule has 0 unspecified atom stereocenters. The molecule has 180 valence electrons. The van der Waals surface area contributed by atoms with E-state index < -0.39 is 21.9 Å². The lowest BCUT2D eigenvalue weighted by Crippen LogP contribution is -2.32. The van der Waals surface area contributed by atoms with E-state index in [-0.39, 0.29) is 26.6 Å². The fourth-order valence-electron chi connectivity index (χ4n) is 3.40. The van der Waals surface area contributed by atoms with Gasteiger partial charge in [-0.15, -0.1) is 0 Å². The van der Waals surface area contributed by atoms with Crippen LogP contribution >= 0.6 is 23.2 Å². The van der Waals surface area contributed by atoms with E-state index in [1.807, 2.05) is 13.0 Å². The van der Waals surface area contributed by atoms with Crippen LogP contribution in [0.5, 0.6) is 5.75 Å². The fourth-order valence-corrected chi connectivity index (χ4v) is 5.17. The highest BCUT2D eigenvalue weighted by molar-refractivity contribution is 7.91. The monoisotopic (exact) mass is 521 g/mol. The molecule has 34 heavy (non-hydrogen) atoms. The van der Waals surface area contributed by atoms with Crippen molar-refractivity contribution in [3.63, 3.8) is 0 Å². The molecule has 0 fully saturated rings. The van der Waals surface area contributed by atoms with Crippen LogP contribution in [0.15, 0.2) is 76.5 Å². The molecule has 3 rings (SSSR count). The predicted molar refractivity (Wildman–Crippen MR) is 132 cm³/mol. The summed E-state index contributed by atoms with van der Waals surface area (Å²) in [5.74, 6) is -0.443. The third-order valence-electron chi connectivity index (χ3n) is 5.14. The molecule has 0 bridgehead atoms. The molecule has 0 amide bonds. The predicted octanol–water partition coefficient (Wildman–Crippen LogP) is 5.01. The molecular weight excluding hydrogens is 497 g/mol. The molecule has 0 aromatic heterocycles. The van der Waals surface area contributed by atoms with E-state index in [0.717, 1.165) is 11.1 Å². The van der Waals surface area contributed by atoms with E-state index in [0.29, 0.717) is 18.0 Å². The summed E-state index contributed by atoms with van der Waals surface area (Å²) in [5, 5.41) is 14.2. The first-order chi connectivity index (χ1) is 16.1. The molecule has 0 aliphatic heterocycles. The maximum absolute atomic E-state index is 13.0. The smallest absolute Gasteiger partial charge is 0.308 e. The van der Waals surface area contributed by atoms with Crippen molar-refractivity contribution < 1.29 is 23.1 Å². The van der Waals surface area contributed by atoms with Gasteiger partial charge < -0.3 is 15.2 Å². The van der Waals surface area contributed by atoms with Gasteiger partial charge in [-0.05, 0) is 66.9 Å². The minimum atomic E-state index is -3.79. The lowest BCUT2D eigenvalue weighted by atomic mass is 10.1. The van der Waals surface area contributed by atoms with Gasteiger partial charge in [0, 0.05) is 24.5 Å². The van der Waals surface area contributed by atoms with Gasteiger partial charge in [0.1, 0.15) is 5.75 Å². The first-order valence-electron chi connectivity index (χ1n) is 10.5. The number of hydrogen-bond acceptors (Lipinski definition) is 6. The molecule has 0 aliphatic carbocycles. The van der Waals surface area contributed by atoms with Crippen LogP contribution in [0.1, 0.15) is 31.1 Å². The molecule has 6 nitrogen and oxygen atoms in total. The Balaban J connectivity index is 1.62. The van der Waals surface area contributed by atoms with Crippen molar-refractivity contribution in [2.24, 2.45) is 0 Å². The van der Waals surface area contributed by atoms with Crippen LogP contribution < -0.4 is 10.1 Å². The summed E-state index contributed by atoms with van der Waals surface area (Å²) in [5.41, 5.74) is 1.68. The SMILES string of the molecule is CC(=O)Oc1ccc(S(=O)(=O)c2ccc(C[C@@H](C)NC[C@@H](O)c3cccc(Cl)c3)cc2)cc1Cl. The lowest BCUT2D eigenvalue weighted by molar-refractivity contribution is -0.131. The number of sulfone groups is 1. The number of carbonyl (C=O) groups is 1. The van der Waals surface area contributed by atoms with E-state index >= 15 is 0 Å². The van der Waals surface area contributed by atoms with Gasteiger partial charge in [-0.1, -0.05) is 47.5 Å². The Morgan fingerprint density at radius 2 is 1.71 bits per heavy atom. The van der Waals surface area contributed by atoms with Gasteiger partial charge in [0.05, 0.1) is 20.9 Å². The topological polar surface area (TPSA) is 92.7 Å². The number of halogens is 2. The molecule has 0 radical (unpaired) electrons. The second-order valence-electron chi connectivity index (χ2n) is 7.92. The Hall–Kier alpha value is -2.42.